The molecule has 0 amide bonds. The SMILES string of the molecule is COc1cc(C)ccc1NS(=O)(=O)c1ccc(CCCCl)cc1. The summed E-state index contributed by atoms with van der Waals surface area (Å²) in [5, 5.41) is 0. The van der Waals surface area contributed by atoms with Crippen molar-refractivity contribution >= 4 is 27.3 Å². The van der Waals surface area contributed by atoms with Crippen molar-refractivity contribution in [1.82, 2.24) is 0 Å². The fourth-order valence-corrected chi connectivity index (χ4v) is 3.40. The van der Waals surface area contributed by atoms with Gasteiger partial charge in [0.05, 0.1) is 17.7 Å². The fraction of sp³-hybridized carbons (Fsp3) is 0.294. The zero-order chi connectivity index (χ0) is 16.9. The average Bonchev–Trinajstić information content (AvgIpc) is 2.54. The highest BCUT2D eigenvalue weighted by atomic mass is 35.5. The van der Waals surface area contributed by atoms with Gasteiger partial charge in [0.2, 0.25) is 0 Å². The Hall–Kier alpha value is -1.72. The van der Waals surface area contributed by atoms with Crippen LogP contribution in [0.2, 0.25) is 0 Å². The van der Waals surface area contributed by atoms with Gasteiger partial charge in [-0.25, -0.2) is 8.42 Å². The summed E-state index contributed by atoms with van der Waals surface area (Å²) in [5.41, 5.74) is 2.48. The Morgan fingerprint density at radius 3 is 2.43 bits per heavy atom. The summed E-state index contributed by atoms with van der Waals surface area (Å²) >= 11 is 5.67. The number of rotatable bonds is 7. The van der Waals surface area contributed by atoms with Crippen LogP contribution in [0.1, 0.15) is 17.5 Å². The van der Waals surface area contributed by atoms with E-state index < -0.39 is 10.0 Å². The number of ether oxygens (including phenoxy) is 1. The molecule has 0 spiro atoms. The molecule has 0 aliphatic rings. The molecule has 0 saturated carbocycles. The fourth-order valence-electron chi connectivity index (χ4n) is 2.19. The highest BCUT2D eigenvalue weighted by Crippen LogP contribution is 2.27. The van der Waals surface area contributed by atoms with Crippen molar-refractivity contribution in [3.8, 4) is 5.75 Å². The second-order valence-corrected chi connectivity index (χ2v) is 7.31. The van der Waals surface area contributed by atoms with E-state index in [1.54, 1.807) is 24.3 Å². The Labute approximate surface area is 142 Å². The maximum Gasteiger partial charge on any atom is 0.262 e. The lowest BCUT2D eigenvalue weighted by Gasteiger charge is -2.12. The van der Waals surface area contributed by atoms with Gasteiger partial charge < -0.3 is 4.74 Å². The van der Waals surface area contributed by atoms with Crippen molar-refractivity contribution in [2.75, 3.05) is 17.7 Å². The quantitative estimate of drug-likeness (QED) is 0.766. The van der Waals surface area contributed by atoms with E-state index in [1.165, 1.54) is 7.11 Å². The number of sulfonamides is 1. The van der Waals surface area contributed by atoms with Crippen LogP contribution in [0.3, 0.4) is 0 Å². The minimum Gasteiger partial charge on any atom is -0.495 e. The second kappa shape index (κ2) is 7.70. The molecule has 0 aliphatic carbocycles. The van der Waals surface area contributed by atoms with Crippen LogP contribution >= 0.6 is 11.6 Å². The van der Waals surface area contributed by atoms with Gasteiger partial charge >= 0.3 is 0 Å². The van der Waals surface area contributed by atoms with Crippen LogP contribution in [0.5, 0.6) is 5.75 Å². The summed E-state index contributed by atoms with van der Waals surface area (Å²) in [6, 6.07) is 12.1. The molecule has 0 fully saturated rings. The first-order chi connectivity index (χ1) is 11.0. The van der Waals surface area contributed by atoms with Crippen LogP contribution < -0.4 is 9.46 Å². The van der Waals surface area contributed by atoms with Crippen molar-refractivity contribution in [1.29, 1.82) is 0 Å². The molecule has 0 saturated heterocycles. The molecule has 6 heteroatoms. The van der Waals surface area contributed by atoms with Gasteiger partial charge in [0.15, 0.2) is 0 Å². The highest BCUT2D eigenvalue weighted by molar-refractivity contribution is 7.92. The largest absolute Gasteiger partial charge is 0.495 e. The number of hydrogen-bond donors (Lipinski definition) is 1. The zero-order valence-electron chi connectivity index (χ0n) is 13.2. The van der Waals surface area contributed by atoms with Crippen LogP contribution in [0.15, 0.2) is 47.4 Å². The molecule has 0 unspecified atom stereocenters. The van der Waals surface area contributed by atoms with Gasteiger partial charge in [-0.15, -0.1) is 11.6 Å². The van der Waals surface area contributed by atoms with Gasteiger partial charge in [0.25, 0.3) is 10.0 Å². The molecule has 0 heterocycles. The van der Waals surface area contributed by atoms with Gasteiger partial charge in [-0.05, 0) is 55.2 Å². The van der Waals surface area contributed by atoms with E-state index in [0.717, 1.165) is 24.0 Å². The molecule has 0 bridgehead atoms. The molecule has 0 atom stereocenters. The Balaban J connectivity index is 2.22. The Kier molecular flexibility index (Phi) is 5.91. The third-order valence-corrected chi connectivity index (χ3v) is 5.08. The summed E-state index contributed by atoms with van der Waals surface area (Å²) in [4.78, 5) is 0.217. The van der Waals surface area contributed by atoms with Gasteiger partial charge in [-0.1, -0.05) is 18.2 Å². The standard InChI is InChI=1S/C17H20ClNO3S/c1-13-5-10-16(17(12-13)22-2)19-23(20,21)15-8-6-14(7-9-15)4-3-11-18/h5-10,12,19H,3-4,11H2,1-2H3. The smallest absolute Gasteiger partial charge is 0.262 e. The molecule has 0 aliphatic heterocycles. The molecular weight excluding hydrogens is 334 g/mol. The number of anilines is 1. The molecule has 0 radical (unpaired) electrons. The third-order valence-electron chi connectivity index (χ3n) is 3.43. The van der Waals surface area contributed by atoms with Crippen LogP contribution in [0.25, 0.3) is 0 Å². The molecule has 0 aromatic heterocycles. The topological polar surface area (TPSA) is 55.4 Å². The lowest BCUT2D eigenvalue weighted by atomic mass is 10.1. The molecule has 2 aromatic carbocycles. The van der Waals surface area contributed by atoms with Gasteiger partial charge in [-0.3, -0.25) is 4.72 Å². The molecule has 23 heavy (non-hydrogen) atoms. The lowest BCUT2D eigenvalue weighted by Crippen LogP contribution is -2.13. The Bertz CT molecular complexity index is 758. The van der Waals surface area contributed by atoms with E-state index in [2.05, 4.69) is 4.72 Å². The minimum atomic E-state index is -3.65. The normalized spacial score (nSPS) is 11.3. The molecule has 1 N–H and O–H groups in total. The molecule has 124 valence electrons. The van der Waals surface area contributed by atoms with Crippen molar-refractivity contribution in [3.05, 3.63) is 53.6 Å². The first-order valence-electron chi connectivity index (χ1n) is 7.28. The summed E-state index contributed by atoms with van der Waals surface area (Å²) in [6.45, 7) is 1.92. The van der Waals surface area contributed by atoms with Gasteiger partial charge in [-0.2, -0.15) is 0 Å². The van der Waals surface area contributed by atoms with Crippen molar-refractivity contribution in [2.24, 2.45) is 0 Å². The van der Waals surface area contributed by atoms with Crippen LogP contribution in [-0.4, -0.2) is 21.4 Å². The van der Waals surface area contributed by atoms with E-state index in [1.807, 2.05) is 25.1 Å². The number of alkyl halides is 1. The van der Waals surface area contributed by atoms with E-state index in [-0.39, 0.29) is 4.90 Å². The second-order valence-electron chi connectivity index (χ2n) is 5.25. The Morgan fingerprint density at radius 2 is 1.83 bits per heavy atom. The summed E-state index contributed by atoms with van der Waals surface area (Å²) in [7, 11) is -2.14. The molecular formula is C17H20ClNO3S. The first kappa shape index (κ1) is 17.6. The summed E-state index contributed by atoms with van der Waals surface area (Å²) < 4.78 is 32.8. The number of aryl methyl sites for hydroxylation is 2. The van der Waals surface area contributed by atoms with Crippen molar-refractivity contribution < 1.29 is 13.2 Å². The third kappa shape index (κ3) is 4.62. The number of hydrogen-bond acceptors (Lipinski definition) is 3. The average molecular weight is 354 g/mol. The van der Waals surface area contributed by atoms with Crippen molar-refractivity contribution in [3.63, 3.8) is 0 Å². The number of methoxy groups -OCH3 is 1. The number of nitrogens with one attached hydrogen (secondary N) is 1. The maximum absolute atomic E-state index is 12.5. The molecule has 2 aromatic rings. The van der Waals surface area contributed by atoms with Crippen molar-refractivity contribution in [2.45, 2.75) is 24.7 Å². The van der Waals surface area contributed by atoms with E-state index in [0.29, 0.717) is 17.3 Å². The number of benzene rings is 2. The minimum absolute atomic E-state index is 0.217. The van der Waals surface area contributed by atoms with Crippen LogP contribution in [0, 0.1) is 6.92 Å². The monoisotopic (exact) mass is 353 g/mol. The Morgan fingerprint density at radius 1 is 1.13 bits per heavy atom. The summed E-state index contributed by atoms with van der Waals surface area (Å²) in [5.74, 6) is 1.08. The van der Waals surface area contributed by atoms with Crippen LogP contribution in [-0.2, 0) is 16.4 Å². The predicted octanol–water partition coefficient (Wildman–Crippen LogP) is 3.98. The van der Waals surface area contributed by atoms with E-state index in [4.69, 9.17) is 16.3 Å². The maximum atomic E-state index is 12.5. The highest BCUT2D eigenvalue weighted by Gasteiger charge is 2.16. The van der Waals surface area contributed by atoms with E-state index in [9.17, 15) is 8.42 Å². The first-order valence-corrected chi connectivity index (χ1v) is 9.30. The zero-order valence-corrected chi connectivity index (χ0v) is 14.7. The van der Waals surface area contributed by atoms with Gasteiger partial charge in [0.1, 0.15) is 5.75 Å². The predicted molar refractivity (Wildman–Crippen MR) is 94.0 cm³/mol. The lowest BCUT2D eigenvalue weighted by molar-refractivity contribution is 0.416. The number of halogens is 1. The summed E-state index contributed by atoms with van der Waals surface area (Å²) in [6.07, 6.45) is 1.70. The van der Waals surface area contributed by atoms with Crippen LogP contribution in [0.4, 0.5) is 5.69 Å². The molecule has 4 nitrogen and oxygen atoms in total. The van der Waals surface area contributed by atoms with E-state index >= 15 is 0 Å². The van der Waals surface area contributed by atoms with Gasteiger partial charge in [0, 0.05) is 5.88 Å². The molecule has 2 rings (SSSR count).